The molecule has 3 nitrogen and oxygen atoms in total. The summed E-state index contributed by atoms with van der Waals surface area (Å²) < 4.78 is 11.1. The Balaban J connectivity index is 2.03. The first-order chi connectivity index (χ1) is 6.33. The summed E-state index contributed by atoms with van der Waals surface area (Å²) in [5.41, 5.74) is 5.45. The van der Waals surface area contributed by atoms with Gasteiger partial charge in [-0.3, -0.25) is 0 Å². The molecule has 1 aliphatic heterocycles. The third kappa shape index (κ3) is 4.60. The summed E-state index contributed by atoms with van der Waals surface area (Å²) in [6, 6.07) is 0. The van der Waals surface area contributed by atoms with Crippen molar-refractivity contribution in [2.75, 3.05) is 19.8 Å². The molecule has 3 heteroatoms. The average molecular weight is 187 g/mol. The Kier molecular flexibility index (Phi) is 5.35. The lowest BCUT2D eigenvalue weighted by atomic mass is 10.1. The van der Waals surface area contributed by atoms with E-state index in [2.05, 4.69) is 6.92 Å². The highest BCUT2D eigenvalue weighted by Gasteiger charge is 2.14. The number of hydrogen-bond donors (Lipinski definition) is 1. The van der Waals surface area contributed by atoms with E-state index >= 15 is 0 Å². The molecule has 0 amide bonds. The van der Waals surface area contributed by atoms with E-state index in [1.54, 1.807) is 0 Å². The first-order valence-corrected chi connectivity index (χ1v) is 5.26. The lowest BCUT2D eigenvalue weighted by molar-refractivity contribution is -0.168. The molecule has 0 aliphatic carbocycles. The fourth-order valence-electron chi connectivity index (χ4n) is 1.48. The fraction of sp³-hybridized carbons (Fsp3) is 1.00. The first kappa shape index (κ1) is 11.0. The molecular formula is C10H21NO2. The van der Waals surface area contributed by atoms with Gasteiger partial charge >= 0.3 is 0 Å². The minimum Gasteiger partial charge on any atom is -0.353 e. The van der Waals surface area contributed by atoms with Gasteiger partial charge in [0.25, 0.3) is 0 Å². The molecule has 0 aromatic carbocycles. The van der Waals surface area contributed by atoms with Crippen LogP contribution in [-0.2, 0) is 9.47 Å². The second-order valence-corrected chi connectivity index (χ2v) is 3.81. The van der Waals surface area contributed by atoms with Crippen LogP contribution in [0.1, 0.15) is 32.6 Å². The highest BCUT2D eigenvalue weighted by Crippen LogP contribution is 2.15. The van der Waals surface area contributed by atoms with E-state index in [0.29, 0.717) is 5.92 Å². The molecule has 1 aliphatic rings. The molecule has 0 aromatic heterocycles. The summed E-state index contributed by atoms with van der Waals surface area (Å²) in [4.78, 5) is 0. The Hall–Kier alpha value is -0.120. The Morgan fingerprint density at radius 1 is 1.54 bits per heavy atom. The summed E-state index contributed by atoms with van der Waals surface area (Å²) in [5.74, 6) is 0.551. The molecule has 78 valence electrons. The molecule has 13 heavy (non-hydrogen) atoms. The average Bonchev–Trinajstić information content (AvgIpc) is 2.17. The Labute approximate surface area is 80.6 Å². The molecule has 1 saturated heterocycles. The molecule has 2 N–H and O–H groups in total. The number of ether oxygens (including phenoxy) is 2. The van der Waals surface area contributed by atoms with E-state index < -0.39 is 0 Å². The Morgan fingerprint density at radius 2 is 2.38 bits per heavy atom. The van der Waals surface area contributed by atoms with Gasteiger partial charge in [-0.2, -0.15) is 0 Å². The van der Waals surface area contributed by atoms with Crippen molar-refractivity contribution in [3.63, 3.8) is 0 Å². The maximum atomic E-state index is 5.62. The summed E-state index contributed by atoms with van der Waals surface area (Å²) in [6.07, 6.45) is 4.55. The number of nitrogens with two attached hydrogens (primary N) is 1. The third-order valence-electron chi connectivity index (χ3n) is 2.36. The molecule has 0 saturated carbocycles. The molecule has 1 unspecified atom stereocenters. The summed E-state index contributed by atoms with van der Waals surface area (Å²) in [7, 11) is 0. The highest BCUT2D eigenvalue weighted by molar-refractivity contribution is 4.56. The van der Waals surface area contributed by atoms with Crippen molar-refractivity contribution in [3.8, 4) is 0 Å². The smallest absolute Gasteiger partial charge is 0.157 e. The third-order valence-corrected chi connectivity index (χ3v) is 2.36. The van der Waals surface area contributed by atoms with Crippen LogP contribution in [0.2, 0.25) is 0 Å². The second kappa shape index (κ2) is 6.35. The van der Waals surface area contributed by atoms with Gasteiger partial charge in [0.15, 0.2) is 6.29 Å². The van der Waals surface area contributed by atoms with Gasteiger partial charge in [0.2, 0.25) is 0 Å². The lowest BCUT2D eigenvalue weighted by Gasteiger charge is -2.24. The monoisotopic (exact) mass is 187 g/mol. The van der Waals surface area contributed by atoms with Gasteiger partial charge in [-0.05, 0) is 38.1 Å². The van der Waals surface area contributed by atoms with Crippen LogP contribution in [0.25, 0.3) is 0 Å². The van der Waals surface area contributed by atoms with Crippen molar-refractivity contribution in [3.05, 3.63) is 0 Å². The minimum absolute atomic E-state index is 0.0500. The molecule has 1 heterocycles. The largest absolute Gasteiger partial charge is 0.353 e. The zero-order chi connectivity index (χ0) is 9.52. The van der Waals surface area contributed by atoms with Crippen LogP contribution in [0.5, 0.6) is 0 Å². The molecule has 0 spiro atoms. The van der Waals surface area contributed by atoms with Gasteiger partial charge in [0.1, 0.15) is 0 Å². The van der Waals surface area contributed by atoms with Gasteiger partial charge in [-0.25, -0.2) is 0 Å². The van der Waals surface area contributed by atoms with Crippen molar-refractivity contribution in [2.45, 2.75) is 38.9 Å². The van der Waals surface area contributed by atoms with Gasteiger partial charge < -0.3 is 15.2 Å². The van der Waals surface area contributed by atoms with Crippen molar-refractivity contribution < 1.29 is 9.47 Å². The van der Waals surface area contributed by atoms with Crippen LogP contribution < -0.4 is 5.73 Å². The molecular weight excluding hydrogens is 166 g/mol. The SMILES string of the molecule is C[C@H](CCN)COC1CCCCO1. The Bertz CT molecular complexity index is 124. The highest BCUT2D eigenvalue weighted by atomic mass is 16.7. The summed E-state index contributed by atoms with van der Waals surface area (Å²) in [6.45, 7) is 4.55. The van der Waals surface area contributed by atoms with Crippen molar-refractivity contribution >= 4 is 0 Å². The predicted octanol–water partition coefficient (Wildman–Crippen LogP) is 1.51. The van der Waals surface area contributed by atoms with Crippen molar-refractivity contribution in [1.29, 1.82) is 0 Å². The molecule has 0 bridgehead atoms. The van der Waals surface area contributed by atoms with Crippen LogP contribution in [0, 0.1) is 5.92 Å². The lowest BCUT2D eigenvalue weighted by Crippen LogP contribution is -2.25. The maximum Gasteiger partial charge on any atom is 0.157 e. The molecule has 1 fully saturated rings. The van der Waals surface area contributed by atoms with Gasteiger partial charge in [-0.1, -0.05) is 6.92 Å². The quantitative estimate of drug-likeness (QED) is 0.709. The number of rotatable bonds is 5. The van der Waals surface area contributed by atoms with E-state index in [1.165, 1.54) is 12.8 Å². The molecule has 0 aromatic rings. The van der Waals surface area contributed by atoms with Crippen LogP contribution >= 0.6 is 0 Å². The molecule has 1 rings (SSSR count). The number of hydrogen-bond acceptors (Lipinski definition) is 3. The van der Waals surface area contributed by atoms with E-state index in [9.17, 15) is 0 Å². The standard InChI is InChI=1S/C10H21NO2/c1-9(5-6-11)8-13-10-4-2-3-7-12-10/h9-10H,2-8,11H2,1H3/t9-,10?/m1/s1. The first-order valence-electron chi connectivity index (χ1n) is 5.26. The normalized spacial score (nSPS) is 25.8. The predicted molar refractivity (Wildman–Crippen MR) is 52.4 cm³/mol. The van der Waals surface area contributed by atoms with E-state index in [4.69, 9.17) is 15.2 Å². The van der Waals surface area contributed by atoms with Gasteiger partial charge in [0, 0.05) is 6.61 Å². The summed E-state index contributed by atoms with van der Waals surface area (Å²) in [5, 5.41) is 0. The van der Waals surface area contributed by atoms with Crippen LogP contribution in [0.15, 0.2) is 0 Å². The van der Waals surface area contributed by atoms with E-state index in [1.807, 2.05) is 0 Å². The van der Waals surface area contributed by atoms with Crippen molar-refractivity contribution in [2.24, 2.45) is 11.7 Å². The van der Waals surface area contributed by atoms with E-state index in [0.717, 1.165) is 32.6 Å². The topological polar surface area (TPSA) is 44.5 Å². The summed E-state index contributed by atoms with van der Waals surface area (Å²) >= 11 is 0. The zero-order valence-corrected chi connectivity index (χ0v) is 8.50. The van der Waals surface area contributed by atoms with E-state index in [-0.39, 0.29) is 6.29 Å². The fourth-order valence-corrected chi connectivity index (χ4v) is 1.48. The van der Waals surface area contributed by atoms with Crippen LogP contribution in [0.3, 0.4) is 0 Å². The minimum atomic E-state index is 0.0500. The van der Waals surface area contributed by atoms with Crippen LogP contribution in [-0.4, -0.2) is 26.0 Å². The zero-order valence-electron chi connectivity index (χ0n) is 8.50. The van der Waals surface area contributed by atoms with Gasteiger partial charge in [0.05, 0.1) is 6.61 Å². The maximum absolute atomic E-state index is 5.62. The second-order valence-electron chi connectivity index (χ2n) is 3.81. The molecule has 0 radical (unpaired) electrons. The molecule has 2 atom stereocenters. The van der Waals surface area contributed by atoms with Crippen molar-refractivity contribution in [1.82, 2.24) is 0 Å². The Morgan fingerprint density at radius 3 is 3.00 bits per heavy atom. The van der Waals surface area contributed by atoms with Crippen LogP contribution in [0.4, 0.5) is 0 Å². The van der Waals surface area contributed by atoms with Gasteiger partial charge in [-0.15, -0.1) is 0 Å².